The zero-order valence-corrected chi connectivity index (χ0v) is 9.75. The van der Waals surface area contributed by atoms with Gasteiger partial charge in [-0.05, 0) is 12.1 Å². The summed E-state index contributed by atoms with van der Waals surface area (Å²) < 4.78 is 1.57. The fourth-order valence-electron chi connectivity index (χ4n) is 1.67. The molecule has 0 atom stereocenters. The number of rotatable bonds is 4. The van der Waals surface area contributed by atoms with Crippen molar-refractivity contribution in [1.29, 1.82) is 0 Å². The maximum absolute atomic E-state index is 11.0. The molecular weight excluding hydrogens is 236 g/mol. The first kappa shape index (κ1) is 12.0. The topological polar surface area (TPSA) is 97.1 Å². The SMILES string of the molecule is CC(=O)NCCn1nnc2c(C(=O)O)cccc21. The summed E-state index contributed by atoms with van der Waals surface area (Å²) in [6.45, 7) is 2.30. The van der Waals surface area contributed by atoms with Crippen molar-refractivity contribution in [2.45, 2.75) is 13.5 Å². The summed E-state index contributed by atoms with van der Waals surface area (Å²) in [5.41, 5.74) is 1.12. The largest absolute Gasteiger partial charge is 0.478 e. The first-order valence-corrected chi connectivity index (χ1v) is 5.39. The monoisotopic (exact) mass is 248 g/mol. The lowest BCUT2D eigenvalue weighted by atomic mass is 10.2. The van der Waals surface area contributed by atoms with Crippen molar-refractivity contribution in [3.05, 3.63) is 23.8 Å². The van der Waals surface area contributed by atoms with Crippen LogP contribution in [0.15, 0.2) is 18.2 Å². The molecule has 0 unspecified atom stereocenters. The predicted molar refractivity (Wildman–Crippen MR) is 63.2 cm³/mol. The number of amides is 1. The van der Waals surface area contributed by atoms with Crippen LogP contribution in [0.3, 0.4) is 0 Å². The van der Waals surface area contributed by atoms with E-state index in [9.17, 15) is 9.59 Å². The van der Waals surface area contributed by atoms with Gasteiger partial charge >= 0.3 is 5.97 Å². The van der Waals surface area contributed by atoms with Crippen LogP contribution >= 0.6 is 0 Å². The molecule has 0 aliphatic carbocycles. The molecule has 18 heavy (non-hydrogen) atoms. The van der Waals surface area contributed by atoms with Gasteiger partial charge in [0.05, 0.1) is 17.6 Å². The fraction of sp³-hybridized carbons (Fsp3) is 0.273. The number of hydrogen-bond donors (Lipinski definition) is 2. The number of fused-ring (bicyclic) bond motifs is 1. The molecule has 7 heteroatoms. The van der Waals surface area contributed by atoms with Crippen LogP contribution in [-0.2, 0) is 11.3 Å². The number of carboxylic acids is 1. The van der Waals surface area contributed by atoms with Gasteiger partial charge in [-0.3, -0.25) is 4.79 Å². The Morgan fingerprint density at radius 2 is 2.22 bits per heavy atom. The van der Waals surface area contributed by atoms with Crippen LogP contribution < -0.4 is 5.32 Å². The van der Waals surface area contributed by atoms with Crippen LogP contribution in [0.4, 0.5) is 0 Å². The molecule has 0 spiro atoms. The van der Waals surface area contributed by atoms with E-state index in [2.05, 4.69) is 15.6 Å². The Bertz CT molecular complexity index is 605. The third kappa shape index (κ3) is 2.29. The number of aromatic carboxylic acids is 1. The highest BCUT2D eigenvalue weighted by atomic mass is 16.4. The van der Waals surface area contributed by atoms with E-state index in [-0.39, 0.29) is 11.5 Å². The van der Waals surface area contributed by atoms with Crippen LogP contribution in [0.25, 0.3) is 11.0 Å². The smallest absolute Gasteiger partial charge is 0.338 e. The van der Waals surface area contributed by atoms with Crippen molar-refractivity contribution in [1.82, 2.24) is 20.3 Å². The molecular formula is C11H12N4O3. The Hall–Kier alpha value is -2.44. The van der Waals surface area contributed by atoms with Crippen molar-refractivity contribution in [2.75, 3.05) is 6.54 Å². The average molecular weight is 248 g/mol. The molecule has 0 bridgehead atoms. The van der Waals surface area contributed by atoms with E-state index < -0.39 is 5.97 Å². The quantitative estimate of drug-likeness (QED) is 0.809. The fourth-order valence-corrected chi connectivity index (χ4v) is 1.67. The van der Waals surface area contributed by atoms with Crippen LogP contribution in [0.1, 0.15) is 17.3 Å². The van der Waals surface area contributed by atoms with Gasteiger partial charge in [-0.25, -0.2) is 9.48 Å². The van der Waals surface area contributed by atoms with Crippen LogP contribution in [0.2, 0.25) is 0 Å². The highest BCUT2D eigenvalue weighted by Crippen LogP contribution is 2.15. The first-order chi connectivity index (χ1) is 8.59. The lowest BCUT2D eigenvalue weighted by Gasteiger charge is -2.03. The van der Waals surface area contributed by atoms with Gasteiger partial charge in [-0.15, -0.1) is 5.10 Å². The number of aromatic nitrogens is 3. The van der Waals surface area contributed by atoms with E-state index in [4.69, 9.17) is 5.11 Å². The summed E-state index contributed by atoms with van der Waals surface area (Å²) in [5, 5.41) is 19.4. The van der Waals surface area contributed by atoms with E-state index >= 15 is 0 Å². The normalized spacial score (nSPS) is 10.5. The van der Waals surface area contributed by atoms with E-state index in [1.165, 1.54) is 13.0 Å². The van der Waals surface area contributed by atoms with Gasteiger partial charge in [0.2, 0.25) is 5.91 Å². The third-order valence-electron chi connectivity index (χ3n) is 2.47. The molecule has 2 rings (SSSR count). The first-order valence-electron chi connectivity index (χ1n) is 5.39. The number of hydrogen-bond acceptors (Lipinski definition) is 4. The van der Waals surface area contributed by atoms with E-state index in [1.54, 1.807) is 16.8 Å². The second-order valence-electron chi connectivity index (χ2n) is 3.77. The van der Waals surface area contributed by atoms with Crippen molar-refractivity contribution >= 4 is 22.9 Å². The summed E-state index contributed by atoms with van der Waals surface area (Å²) in [4.78, 5) is 21.7. The molecule has 2 aromatic rings. The van der Waals surface area contributed by atoms with Crippen LogP contribution in [0, 0.1) is 0 Å². The number of nitrogens with zero attached hydrogens (tertiary/aromatic N) is 3. The van der Waals surface area contributed by atoms with Gasteiger partial charge < -0.3 is 10.4 Å². The van der Waals surface area contributed by atoms with Gasteiger partial charge in [0, 0.05) is 13.5 Å². The molecule has 0 radical (unpaired) electrons. The van der Waals surface area contributed by atoms with E-state index in [0.717, 1.165) is 0 Å². The molecule has 0 saturated carbocycles. The zero-order valence-electron chi connectivity index (χ0n) is 9.75. The van der Waals surface area contributed by atoms with Crippen LogP contribution in [0.5, 0.6) is 0 Å². The minimum absolute atomic E-state index is 0.120. The summed E-state index contributed by atoms with van der Waals surface area (Å²) in [5.74, 6) is -1.15. The van der Waals surface area contributed by atoms with Gasteiger partial charge in [-0.2, -0.15) is 0 Å². The average Bonchev–Trinajstić information content (AvgIpc) is 2.72. The summed E-state index contributed by atoms with van der Waals surface area (Å²) in [6, 6.07) is 4.87. The summed E-state index contributed by atoms with van der Waals surface area (Å²) in [7, 11) is 0. The van der Waals surface area contributed by atoms with Crippen molar-refractivity contribution in [3.63, 3.8) is 0 Å². The standard InChI is InChI=1S/C11H12N4O3/c1-7(16)12-5-6-15-9-4-2-3-8(11(17)18)10(9)13-14-15/h2-4H,5-6H2,1H3,(H,12,16)(H,17,18). The van der Waals surface area contributed by atoms with E-state index in [1.807, 2.05) is 0 Å². The molecule has 7 nitrogen and oxygen atoms in total. The molecule has 0 aliphatic rings. The number of carbonyl (C=O) groups is 2. The lowest BCUT2D eigenvalue weighted by molar-refractivity contribution is -0.118. The summed E-state index contributed by atoms with van der Waals surface area (Å²) in [6.07, 6.45) is 0. The number of carboxylic acid groups (broad SMARTS) is 1. The zero-order chi connectivity index (χ0) is 13.1. The molecule has 0 aliphatic heterocycles. The van der Waals surface area contributed by atoms with Crippen molar-refractivity contribution in [2.24, 2.45) is 0 Å². The Kier molecular flexibility index (Phi) is 3.22. The van der Waals surface area contributed by atoms with Crippen molar-refractivity contribution in [3.8, 4) is 0 Å². The lowest BCUT2D eigenvalue weighted by Crippen LogP contribution is -2.24. The summed E-state index contributed by atoms with van der Waals surface area (Å²) >= 11 is 0. The maximum atomic E-state index is 11.0. The Balaban J connectivity index is 2.28. The van der Waals surface area contributed by atoms with E-state index in [0.29, 0.717) is 24.1 Å². The minimum Gasteiger partial charge on any atom is -0.478 e. The molecule has 94 valence electrons. The predicted octanol–water partition coefficient (Wildman–Crippen LogP) is 0.266. The molecule has 1 aromatic heterocycles. The van der Waals surface area contributed by atoms with Gasteiger partial charge in [0.1, 0.15) is 5.52 Å². The molecule has 0 fully saturated rings. The molecule has 0 saturated heterocycles. The Morgan fingerprint density at radius 1 is 1.44 bits per heavy atom. The number of benzene rings is 1. The van der Waals surface area contributed by atoms with Gasteiger partial charge in [0.25, 0.3) is 0 Å². The second-order valence-corrected chi connectivity index (χ2v) is 3.77. The van der Waals surface area contributed by atoms with Gasteiger partial charge in [-0.1, -0.05) is 11.3 Å². The Labute approximate surface area is 102 Å². The molecule has 1 amide bonds. The van der Waals surface area contributed by atoms with Gasteiger partial charge in [0.15, 0.2) is 0 Å². The minimum atomic E-state index is -1.03. The van der Waals surface area contributed by atoms with Crippen molar-refractivity contribution < 1.29 is 14.7 Å². The second kappa shape index (κ2) is 4.82. The number of carbonyl (C=O) groups excluding carboxylic acids is 1. The molecule has 1 heterocycles. The highest BCUT2D eigenvalue weighted by molar-refractivity contribution is 6.00. The highest BCUT2D eigenvalue weighted by Gasteiger charge is 2.13. The Morgan fingerprint density at radius 3 is 2.89 bits per heavy atom. The maximum Gasteiger partial charge on any atom is 0.338 e. The third-order valence-corrected chi connectivity index (χ3v) is 2.47. The molecule has 2 N–H and O–H groups in total. The molecule has 1 aromatic carbocycles. The van der Waals surface area contributed by atoms with Crippen LogP contribution in [-0.4, -0.2) is 38.5 Å². The number of nitrogens with one attached hydrogen (secondary N) is 1.